The van der Waals surface area contributed by atoms with E-state index in [1.54, 1.807) is 14.2 Å². The third-order valence-electron chi connectivity index (χ3n) is 9.52. The maximum absolute atomic E-state index is 13.0. The molecule has 0 bridgehead atoms. The molecule has 1 aliphatic rings. The van der Waals surface area contributed by atoms with Crippen LogP contribution in [-0.4, -0.2) is 80.3 Å². The van der Waals surface area contributed by atoms with Gasteiger partial charge < -0.3 is 44.3 Å². The first-order valence-corrected chi connectivity index (χ1v) is 17.0. The number of nitrogens with one attached hydrogen (secondary N) is 1. The number of hydrogen-bond acceptors (Lipinski definition) is 9. The molecule has 0 spiro atoms. The second-order valence-corrected chi connectivity index (χ2v) is 12.5. The van der Waals surface area contributed by atoms with Crippen molar-refractivity contribution < 1.29 is 43.8 Å². The number of alkyl carbamates (subject to hydrolysis) is 1. The molecule has 10 nitrogen and oxygen atoms in total. The highest BCUT2D eigenvalue weighted by atomic mass is 16.6. The summed E-state index contributed by atoms with van der Waals surface area (Å²) < 4.78 is 28.8. The SMILES string of the molecule is COc1ccc(C(OCC(O)C(O)C(O)C(CNC(=O)OC2c3ccccc3-c3ccccc32)OC)(c2ccccc2)c2ccc(OC)cc2)cc1. The van der Waals surface area contributed by atoms with Crippen LogP contribution in [0.5, 0.6) is 11.5 Å². The predicted molar refractivity (Wildman–Crippen MR) is 195 cm³/mol. The van der Waals surface area contributed by atoms with Gasteiger partial charge in [-0.05, 0) is 52.1 Å². The van der Waals surface area contributed by atoms with Crippen molar-refractivity contribution in [2.24, 2.45) is 0 Å². The third kappa shape index (κ3) is 7.38. The van der Waals surface area contributed by atoms with Gasteiger partial charge in [-0.25, -0.2) is 4.79 Å². The molecule has 1 amide bonds. The van der Waals surface area contributed by atoms with E-state index in [-0.39, 0.29) is 6.54 Å². The first-order chi connectivity index (χ1) is 25.3. The molecule has 5 aromatic carbocycles. The second kappa shape index (κ2) is 16.4. The molecule has 0 aromatic heterocycles. The minimum Gasteiger partial charge on any atom is -0.497 e. The van der Waals surface area contributed by atoms with Crippen LogP contribution in [0.2, 0.25) is 0 Å². The molecule has 10 heteroatoms. The molecule has 4 unspecified atom stereocenters. The summed E-state index contributed by atoms with van der Waals surface area (Å²) in [6, 6.07) is 39.8. The van der Waals surface area contributed by atoms with Gasteiger partial charge in [0.05, 0.1) is 20.8 Å². The summed E-state index contributed by atoms with van der Waals surface area (Å²) in [5, 5.41) is 36.4. The number of carbonyl (C=O) groups is 1. The number of aliphatic hydroxyl groups excluding tert-OH is 3. The number of rotatable bonds is 15. The van der Waals surface area contributed by atoms with Gasteiger partial charge >= 0.3 is 6.09 Å². The van der Waals surface area contributed by atoms with E-state index in [9.17, 15) is 20.1 Å². The highest BCUT2D eigenvalue weighted by Crippen LogP contribution is 2.45. The highest BCUT2D eigenvalue weighted by molar-refractivity contribution is 5.79. The first-order valence-electron chi connectivity index (χ1n) is 17.0. The Kier molecular flexibility index (Phi) is 11.5. The topological polar surface area (TPSA) is 136 Å². The van der Waals surface area contributed by atoms with E-state index in [0.717, 1.165) is 38.9 Å². The molecule has 0 aliphatic heterocycles. The Morgan fingerprint density at radius 2 is 1.13 bits per heavy atom. The van der Waals surface area contributed by atoms with E-state index in [1.807, 2.05) is 127 Å². The van der Waals surface area contributed by atoms with Gasteiger partial charge in [0.15, 0.2) is 6.10 Å². The molecule has 4 atom stereocenters. The van der Waals surface area contributed by atoms with Crippen molar-refractivity contribution in [3.8, 4) is 22.6 Å². The standard InChI is InChI=1S/C42H43NO9/c1-48-30-21-17-28(18-22-30)42(27-11-5-4-6-12-27,29-19-23-31(49-2)24-20-29)51-26-36(44)38(45)39(46)37(50-3)25-43-41(47)52-40-34-15-9-7-13-32(34)33-14-8-10-16-35(33)40/h4-24,36-40,44-46H,25-26H2,1-3H3,(H,43,47). The predicted octanol–water partition coefficient (Wildman–Crippen LogP) is 5.61. The second-order valence-electron chi connectivity index (χ2n) is 12.5. The molecule has 5 aromatic rings. The van der Waals surface area contributed by atoms with Crippen molar-refractivity contribution in [2.45, 2.75) is 36.1 Å². The van der Waals surface area contributed by atoms with Crippen molar-refractivity contribution in [2.75, 3.05) is 34.5 Å². The van der Waals surface area contributed by atoms with Gasteiger partial charge in [0, 0.05) is 24.8 Å². The van der Waals surface area contributed by atoms with Gasteiger partial charge in [-0.3, -0.25) is 0 Å². The third-order valence-corrected chi connectivity index (χ3v) is 9.52. The summed E-state index contributed by atoms with van der Waals surface area (Å²) in [7, 11) is 4.51. The van der Waals surface area contributed by atoms with Crippen LogP contribution >= 0.6 is 0 Å². The average Bonchev–Trinajstić information content (AvgIpc) is 3.51. The summed E-state index contributed by atoms with van der Waals surface area (Å²) in [5.74, 6) is 1.31. The van der Waals surface area contributed by atoms with Crippen LogP contribution < -0.4 is 14.8 Å². The minimum atomic E-state index is -1.71. The lowest BCUT2D eigenvalue weighted by molar-refractivity contribution is -0.139. The first kappa shape index (κ1) is 36.6. The van der Waals surface area contributed by atoms with Gasteiger partial charge in [-0.1, -0.05) is 103 Å². The molecule has 4 N–H and O–H groups in total. The van der Waals surface area contributed by atoms with Crippen LogP contribution in [0.25, 0.3) is 11.1 Å². The molecule has 0 fully saturated rings. The van der Waals surface area contributed by atoms with Crippen molar-refractivity contribution in [3.05, 3.63) is 155 Å². The monoisotopic (exact) mass is 705 g/mol. The van der Waals surface area contributed by atoms with Crippen molar-refractivity contribution in [1.82, 2.24) is 5.32 Å². The Morgan fingerprint density at radius 1 is 0.654 bits per heavy atom. The number of amides is 1. The number of hydrogen-bond donors (Lipinski definition) is 4. The van der Waals surface area contributed by atoms with E-state index in [0.29, 0.717) is 11.5 Å². The normalized spacial score (nSPS) is 14.7. The molecule has 0 saturated heterocycles. The van der Waals surface area contributed by atoms with E-state index in [4.69, 9.17) is 23.7 Å². The van der Waals surface area contributed by atoms with Gasteiger partial charge in [-0.2, -0.15) is 0 Å². The molecule has 0 saturated carbocycles. The average molecular weight is 706 g/mol. The number of aliphatic hydroxyl groups is 3. The Labute approximate surface area is 303 Å². The van der Waals surface area contributed by atoms with Gasteiger partial charge in [0.1, 0.15) is 41.5 Å². The molecular formula is C42H43NO9. The van der Waals surface area contributed by atoms with E-state index in [2.05, 4.69) is 5.32 Å². The number of fused-ring (bicyclic) bond motifs is 3. The van der Waals surface area contributed by atoms with Crippen molar-refractivity contribution in [3.63, 3.8) is 0 Å². The minimum absolute atomic E-state index is 0.206. The van der Waals surface area contributed by atoms with Gasteiger partial charge in [0.2, 0.25) is 0 Å². The maximum Gasteiger partial charge on any atom is 0.408 e. The number of carbonyl (C=O) groups excluding carboxylic acids is 1. The summed E-state index contributed by atoms with van der Waals surface area (Å²) in [4.78, 5) is 13.0. The fourth-order valence-electron chi connectivity index (χ4n) is 6.74. The quantitative estimate of drug-likeness (QED) is 0.103. The van der Waals surface area contributed by atoms with Crippen LogP contribution in [0.4, 0.5) is 4.79 Å². The summed E-state index contributed by atoms with van der Waals surface area (Å²) in [6.07, 6.45) is -7.31. The lowest BCUT2D eigenvalue weighted by Crippen LogP contribution is -2.51. The van der Waals surface area contributed by atoms with E-state index >= 15 is 0 Å². The lowest BCUT2D eigenvalue weighted by Gasteiger charge is -2.37. The Hall–Kier alpha value is -5.23. The zero-order valence-electron chi connectivity index (χ0n) is 29.2. The fraction of sp³-hybridized carbons (Fsp3) is 0.262. The molecule has 0 radical (unpaired) electrons. The van der Waals surface area contributed by atoms with Crippen LogP contribution in [0, 0.1) is 0 Å². The Balaban J connectivity index is 1.17. The number of ether oxygens (including phenoxy) is 5. The highest BCUT2D eigenvalue weighted by Gasteiger charge is 2.40. The summed E-state index contributed by atoms with van der Waals surface area (Å²) in [6.45, 7) is -0.597. The molecule has 1 aliphatic carbocycles. The van der Waals surface area contributed by atoms with E-state index in [1.165, 1.54) is 7.11 Å². The van der Waals surface area contributed by atoms with Crippen LogP contribution in [0.1, 0.15) is 33.9 Å². The Bertz CT molecular complexity index is 1820. The molecule has 0 heterocycles. The smallest absolute Gasteiger partial charge is 0.408 e. The molecular weight excluding hydrogens is 662 g/mol. The van der Waals surface area contributed by atoms with Crippen LogP contribution in [-0.2, 0) is 19.8 Å². The maximum atomic E-state index is 13.0. The van der Waals surface area contributed by atoms with Crippen LogP contribution in [0.15, 0.2) is 127 Å². The molecule has 6 rings (SSSR count). The van der Waals surface area contributed by atoms with E-state index < -0.39 is 48.8 Å². The van der Waals surface area contributed by atoms with Crippen molar-refractivity contribution >= 4 is 6.09 Å². The Morgan fingerprint density at radius 3 is 1.63 bits per heavy atom. The van der Waals surface area contributed by atoms with Gasteiger partial charge in [-0.15, -0.1) is 0 Å². The zero-order chi connectivity index (χ0) is 36.7. The number of methoxy groups -OCH3 is 3. The molecule has 270 valence electrons. The summed E-state index contributed by atoms with van der Waals surface area (Å²) >= 11 is 0. The van der Waals surface area contributed by atoms with Gasteiger partial charge in [0.25, 0.3) is 0 Å². The largest absolute Gasteiger partial charge is 0.497 e. The van der Waals surface area contributed by atoms with Crippen LogP contribution in [0.3, 0.4) is 0 Å². The summed E-state index contributed by atoms with van der Waals surface area (Å²) in [5.41, 5.74) is 4.71. The zero-order valence-corrected chi connectivity index (χ0v) is 29.2. The fourth-order valence-corrected chi connectivity index (χ4v) is 6.74. The van der Waals surface area contributed by atoms with Crippen molar-refractivity contribution in [1.29, 1.82) is 0 Å². The lowest BCUT2D eigenvalue weighted by atomic mass is 9.80. The molecule has 52 heavy (non-hydrogen) atoms. The number of benzene rings is 5.